The zero-order valence-electron chi connectivity index (χ0n) is 13.6. The highest BCUT2D eigenvalue weighted by molar-refractivity contribution is 7.99. The van der Waals surface area contributed by atoms with E-state index in [4.69, 9.17) is 9.15 Å². The SMILES string of the molecule is O=C(NCc1cc2ccccc2o1)c1cccnc1OC1CCSC1. The highest BCUT2D eigenvalue weighted by Gasteiger charge is 2.21. The van der Waals surface area contributed by atoms with Gasteiger partial charge in [0.15, 0.2) is 0 Å². The maximum absolute atomic E-state index is 12.5. The number of furan rings is 1. The summed E-state index contributed by atoms with van der Waals surface area (Å²) in [5, 5.41) is 3.91. The summed E-state index contributed by atoms with van der Waals surface area (Å²) in [7, 11) is 0. The minimum absolute atomic E-state index is 0.127. The molecule has 1 N–H and O–H groups in total. The van der Waals surface area contributed by atoms with Gasteiger partial charge in [-0.1, -0.05) is 18.2 Å². The molecule has 1 saturated heterocycles. The van der Waals surface area contributed by atoms with Crippen molar-refractivity contribution in [3.05, 3.63) is 60.0 Å². The van der Waals surface area contributed by atoms with E-state index in [0.29, 0.717) is 23.7 Å². The Morgan fingerprint density at radius 2 is 2.24 bits per heavy atom. The number of aromatic nitrogens is 1. The molecular weight excluding hydrogens is 336 g/mol. The lowest BCUT2D eigenvalue weighted by atomic mass is 10.2. The van der Waals surface area contributed by atoms with Crippen molar-refractivity contribution in [1.29, 1.82) is 0 Å². The highest BCUT2D eigenvalue weighted by atomic mass is 32.2. The van der Waals surface area contributed by atoms with Crippen LogP contribution in [0.25, 0.3) is 11.0 Å². The number of ether oxygens (including phenoxy) is 1. The van der Waals surface area contributed by atoms with E-state index < -0.39 is 0 Å². The largest absolute Gasteiger partial charge is 0.473 e. The van der Waals surface area contributed by atoms with E-state index in [1.165, 1.54) is 0 Å². The van der Waals surface area contributed by atoms with Crippen molar-refractivity contribution >= 4 is 28.6 Å². The Bertz CT molecular complexity index is 854. The van der Waals surface area contributed by atoms with E-state index >= 15 is 0 Å². The molecule has 1 atom stereocenters. The van der Waals surface area contributed by atoms with Gasteiger partial charge < -0.3 is 14.5 Å². The van der Waals surface area contributed by atoms with Crippen molar-refractivity contribution in [2.24, 2.45) is 0 Å². The van der Waals surface area contributed by atoms with Crippen LogP contribution >= 0.6 is 11.8 Å². The lowest BCUT2D eigenvalue weighted by Gasteiger charge is -2.14. The first-order valence-corrected chi connectivity index (χ1v) is 9.40. The Hall–Kier alpha value is -2.47. The molecule has 0 aliphatic carbocycles. The Morgan fingerprint density at radius 3 is 3.08 bits per heavy atom. The van der Waals surface area contributed by atoms with E-state index in [0.717, 1.165) is 28.9 Å². The average molecular weight is 354 g/mol. The number of nitrogens with one attached hydrogen (secondary N) is 1. The molecule has 128 valence electrons. The van der Waals surface area contributed by atoms with Crippen molar-refractivity contribution in [3.8, 4) is 5.88 Å². The number of benzene rings is 1. The van der Waals surface area contributed by atoms with Crippen LogP contribution in [0.2, 0.25) is 0 Å². The maximum atomic E-state index is 12.5. The third kappa shape index (κ3) is 3.64. The molecule has 3 aromatic rings. The molecule has 3 heterocycles. The second-order valence-electron chi connectivity index (χ2n) is 5.89. The van der Waals surface area contributed by atoms with E-state index in [-0.39, 0.29) is 12.0 Å². The van der Waals surface area contributed by atoms with E-state index in [1.54, 1.807) is 18.3 Å². The lowest BCUT2D eigenvalue weighted by molar-refractivity contribution is 0.0940. The van der Waals surface area contributed by atoms with Gasteiger partial charge in [-0.2, -0.15) is 11.8 Å². The number of carbonyl (C=O) groups excluding carboxylic acids is 1. The van der Waals surface area contributed by atoms with E-state index in [9.17, 15) is 4.79 Å². The number of pyridine rings is 1. The first-order valence-electron chi connectivity index (χ1n) is 8.25. The zero-order chi connectivity index (χ0) is 17.1. The fraction of sp³-hybridized carbons (Fsp3) is 0.263. The summed E-state index contributed by atoms with van der Waals surface area (Å²) in [5.41, 5.74) is 1.27. The summed E-state index contributed by atoms with van der Waals surface area (Å²) < 4.78 is 11.6. The molecule has 1 unspecified atom stereocenters. The van der Waals surface area contributed by atoms with Crippen LogP contribution in [0.5, 0.6) is 5.88 Å². The first kappa shape index (κ1) is 16.0. The molecule has 1 aromatic carbocycles. The summed E-state index contributed by atoms with van der Waals surface area (Å²) in [5.74, 6) is 2.93. The zero-order valence-corrected chi connectivity index (χ0v) is 14.4. The number of rotatable bonds is 5. The van der Waals surface area contributed by atoms with Gasteiger partial charge >= 0.3 is 0 Å². The molecule has 2 aromatic heterocycles. The smallest absolute Gasteiger partial charge is 0.257 e. The van der Waals surface area contributed by atoms with Crippen molar-refractivity contribution in [1.82, 2.24) is 10.3 Å². The molecule has 5 nitrogen and oxygen atoms in total. The van der Waals surface area contributed by atoms with Crippen molar-refractivity contribution in [3.63, 3.8) is 0 Å². The lowest BCUT2D eigenvalue weighted by Crippen LogP contribution is -2.25. The number of fused-ring (bicyclic) bond motifs is 1. The number of nitrogens with zero attached hydrogens (tertiary/aromatic N) is 1. The first-order chi connectivity index (χ1) is 12.3. The number of carbonyl (C=O) groups is 1. The summed E-state index contributed by atoms with van der Waals surface area (Å²) in [6.07, 6.45) is 2.76. The molecule has 1 aliphatic heterocycles. The van der Waals surface area contributed by atoms with Crippen LogP contribution in [0.4, 0.5) is 0 Å². The molecule has 0 radical (unpaired) electrons. The summed E-state index contributed by atoms with van der Waals surface area (Å²) in [4.78, 5) is 16.8. The normalized spacial score (nSPS) is 16.9. The van der Waals surface area contributed by atoms with Crippen molar-refractivity contribution in [2.45, 2.75) is 19.1 Å². The van der Waals surface area contributed by atoms with Gasteiger partial charge in [-0.15, -0.1) is 0 Å². The molecule has 1 fully saturated rings. The number of hydrogen-bond donors (Lipinski definition) is 1. The Kier molecular flexibility index (Phi) is 4.61. The highest BCUT2D eigenvalue weighted by Crippen LogP contribution is 2.24. The van der Waals surface area contributed by atoms with Gasteiger partial charge in [-0.05, 0) is 36.4 Å². The molecule has 0 spiro atoms. The minimum Gasteiger partial charge on any atom is -0.473 e. The summed E-state index contributed by atoms with van der Waals surface area (Å²) in [6, 6.07) is 13.2. The third-order valence-electron chi connectivity index (χ3n) is 4.08. The third-order valence-corrected chi connectivity index (χ3v) is 5.21. The maximum Gasteiger partial charge on any atom is 0.257 e. The Morgan fingerprint density at radius 1 is 1.32 bits per heavy atom. The fourth-order valence-corrected chi connectivity index (χ4v) is 3.90. The molecule has 1 aliphatic rings. The molecule has 1 amide bonds. The molecular formula is C19H18N2O3S. The number of para-hydroxylation sites is 1. The van der Waals surface area contributed by atoms with Crippen molar-refractivity contribution in [2.75, 3.05) is 11.5 Å². The second-order valence-corrected chi connectivity index (χ2v) is 7.04. The van der Waals surface area contributed by atoms with Crippen LogP contribution in [0.1, 0.15) is 22.5 Å². The summed E-state index contributed by atoms with van der Waals surface area (Å²) >= 11 is 1.86. The molecule has 4 rings (SSSR count). The van der Waals surface area contributed by atoms with Gasteiger partial charge in [0.05, 0.1) is 6.54 Å². The Labute approximate surface area is 149 Å². The second kappa shape index (κ2) is 7.19. The predicted molar refractivity (Wildman–Crippen MR) is 98.0 cm³/mol. The van der Waals surface area contributed by atoms with Crippen LogP contribution in [0.3, 0.4) is 0 Å². The van der Waals surface area contributed by atoms with Crippen molar-refractivity contribution < 1.29 is 13.9 Å². The quantitative estimate of drug-likeness (QED) is 0.758. The van der Waals surface area contributed by atoms with Gasteiger partial charge in [-0.3, -0.25) is 4.79 Å². The summed E-state index contributed by atoms with van der Waals surface area (Å²) in [6.45, 7) is 0.321. The number of hydrogen-bond acceptors (Lipinski definition) is 5. The monoisotopic (exact) mass is 354 g/mol. The number of amides is 1. The van der Waals surface area contributed by atoms with Gasteiger partial charge in [0.25, 0.3) is 5.91 Å². The van der Waals surface area contributed by atoms with Gasteiger partial charge in [0, 0.05) is 17.3 Å². The van der Waals surface area contributed by atoms with Gasteiger partial charge in [-0.25, -0.2) is 4.98 Å². The van der Waals surface area contributed by atoms with Crippen LogP contribution in [0, 0.1) is 0 Å². The molecule has 6 heteroatoms. The van der Waals surface area contributed by atoms with E-state index in [1.807, 2.05) is 42.1 Å². The predicted octanol–water partition coefficient (Wildman–Crippen LogP) is 3.64. The molecule has 0 bridgehead atoms. The van der Waals surface area contributed by atoms with Gasteiger partial charge in [0.1, 0.15) is 23.0 Å². The van der Waals surface area contributed by atoms with Crippen LogP contribution in [-0.4, -0.2) is 28.5 Å². The van der Waals surface area contributed by atoms with Crippen LogP contribution in [-0.2, 0) is 6.54 Å². The fourth-order valence-electron chi connectivity index (χ4n) is 2.81. The Balaban J connectivity index is 1.45. The van der Waals surface area contributed by atoms with Crippen LogP contribution < -0.4 is 10.1 Å². The van der Waals surface area contributed by atoms with Gasteiger partial charge in [0.2, 0.25) is 5.88 Å². The minimum atomic E-state index is -0.214. The topological polar surface area (TPSA) is 64.4 Å². The van der Waals surface area contributed by atoms with E-state index in [2.05, 4.69) is 10.3 Å². The van der Waals surface area contributed by atoms with Crippen LogP contribution in [0.15, 0.2) is 53.1 Å². The average Bonchev–Trinajstić information content (AvgIpc) is 3.29. The molecule has 25 heavy (non-hydrogen) atoms. The standard InChI is InChI=1S/C19H18N2O3S/c22-18(21-11-15-10-13-4-1-2-6-17(13)23-15)16-5-3-8-20-19(16)24-14-7-9-25-12-14/h1-6,8,10,14H,7,9,11-12H2,(H,21,22). The molecule has 0 saturated carbocycles. The number of thioether (sulfide) groups is 1.